The molecule has 1 aromatic carbocycles. The molecule has 0 atom stereocenters. The number of methoxy groups -OCH3 is 1. The van der Waals surface area contributed by atoms with E-state index in [-0.39, 0.29) is 4.21 Å². The van der Waals surface area contributed by atoms with Gasteiger partial charge in [-0.25, -0.2) is 8.42 Å². The molecule has 18 heavy (non-hydrogen) atoms. The van der Waals surface area contributed by atoms with Crippen LogP contribution in [-0.4, -0.2) is 15.5 Å². The summed E-state index contributed by atoms with van der Waals surface area (Å²) in [4.78, 5) is 0. The van der Waals surface area contributed by atoms with Crippen LogP contribution < -0.4 is 15.2 Å². The molecular formula is C11H12N2O3S2. The zero-order valence-electron chi connectivity index (χ0n) is 9.58. The van der Waals surface area contributed by atoms with Gasteiger partial charge in [0.25, 0.3) is 10.0 Å². The summed E-state index contributed by atoms with van der Waals surface area (Å²) in [6.07, 6.45) is 0. The highest BCUT2D eigenvalue weighted by Gasteiger charge is 2.16. The molecule has 7 heteroatoms. The van der Waals surface area contributed by atoms with Gasteiger partial charge in [-0.15, -0.1) is 11.3 Å². The van der Waals surface area contributed by atoms with Gasteiger partial charge in [0.2, 0.25) is 0 Å². The molecule has 0 amide bonds. The van der Waals surface area contributed by atoms with Crippen molar-refractivity contribution in [3.63, 3.8) is 0 Å². The van der Waals surface area contributed by atoms with Crippen LogP contribution in [0.4, 0.5) is 11.4 Å². The monoisotopic (exact) mass is 284 g/mol. The first-order chi connectivity index (χ1) is 8.53. The second-order valence-electron chi connectivity index (χ2n) is 3.49. The fourth-order valence-corrected chi connectivity index (χ4v) is 3.45. The molecule has 1 heterocycles. The predicted molar refractivity (Wildman–Crippen MR) is 72.5 cm³/mol. The van der Waals surface area contributed by atoms with Crippen molar-refractivity contribution in [3.05, 3.63) is 35.7 Å². The van der Waals surface area contributed by atoms with Crippen LogP contribution in [-0.2, 0) is 10.0 Å². The van der Waals surface area contributed by atoms with E-state index in [0.717, 1.165) is 11.3 Å². The summed E-state index contributed by atoms with van der Waals surface area (Å²) in [7, 11) is -2.05. The lowest BCUT2D eigenvalue weighted by Crippen LogP contribution is -2.12. The molecule has 0 aliphatic heterocycles. The molecule has 5 nitrogen and oxygen atoms in total. The van der Waals surface area contributed by atoms with E-state index in [4.69, 9.17) is 10.5 Å². The normalized spacial score (nSPS) is 11.2. The van der Waals surface area contributed by atoms with E-state index >= 15 is 0 Å². The highest BCUT2D eigenvalue weighted by Crippen LogP contribution is 2.27. The topological polar surface area (TPSA) is 81.4 Å². The Labute approximate surface area is 109 Å². The van der Waals surface area contributed by atoms with Gasteiger partial charge >= 0.3 is 0 Å². The zero-order valence-corrected chi connectivity index (χ0v) is 11.2. The first-order valence-corrected chi connectivity index (χ1v) is 7.39. The largest absolute Gasteiger partial charge is 0.497 e. The van der Waals surface area contributed by atoms with Crippen LogP contribution in [0.1, 0.15) is 0 Å². The van der Waals surface area contributed by atoms with Gasteiger partial charge in [-0.2, -0.15) is 0 Å². The quantitative estimate of drug-likeness (QED) is 0.843. The lowest BCUT2D eigenvalue weighted by Gasteiger charge is -2.10. The van der Waals surface area contributed by atoms with Gasteiger partial charge in [0, 0.05) is 6.07 Å². The molecule has 1 aromatic heterocycles. The number of benzene rings is 1. The molecule has 0 radical (unpaired) electrons. The van der Waals surface area contributed by atoms with Gasteiger partial charge in [-0.3, -0.25) is 4.72 Å². The molecule has 0 unspecified atom stereocenters. The van der Waals surface area contributed by atoms with Crippen LogP contribution in [0, 0.1) is 0 Å². The zero-order chi connectivity index (χ0) is 13.2. The second-order valence-corrected chi connectivity index (χ2v) is 6.35. The third-order valence-corrected chi connectivity index (χ3v) is 5.03. The third-order valence-electron chi connectivity index (χ3n) is 2.26. The van der Waals surface area contributed by atoms with Gasteiger partial charge in [0.15, 0.2) is 0 Å². The number of nitrogens with one attached hydrogen (secondary N) is 1. The number of nitrogen functional groups attached to an aromatic ring is 1. The van der Waals surface area contributed by atoms with Crippen molar-refractivity contribution in [2.75, 3.05) is 17.6 Å². The molecule has 0 saturated carbocycles. The Morgan fingerprint density at radius 1 is 1.33 bits per heavy atom. The molecule has 0 aliphatic rings. The van der Waals surface area contributed by atoms with Crippen LogP contribution in [0.25, 0.3) is 0 Å². The minimum atomic E-state index is -3.56. The maximum Gasteiger partial charge on any atom is 0.271 e. The van der Waals surface area contributed by atoms with Crippen molar-refractivity contribution in [3.8, 4) is 5.75 Å². The van der Waals surface area contributed by atoms with Gasteiger partial charge in [-0.05, 0) is 23.6 Å². The maximum atomic E-state index is 12.0. The van der Waals surface area contributed by atoms with E-state index in [9.17, 15) is 8.42 Å². The summed E-state index contributed by atoms with van der Waals surface area (Å²) in [6, 6.07) is 7.98. The van der Waals surface area contributed by atoms with E-state index in [0.29, 0.717) is 17.1 Å². The Morgan fingerprint density at radius 2 is 2.11 bits per heavy atom. The van der Waals surface area contributed by atoms with Crippen molar-refractivity contribution in [2.24, 2.45) is 0 Å². The number of sulfonamides is 1. The van der Waals surface area contributed by atoms with E-state index in [1.807, 2.05) is 0 Å². The van der Waals surface area contributed by atoms with Crippen LogP contribution in [0.2, 0.25) is 0 Å². The van der Waals surface area contributed by atoms with Crippen molar-refractivity contribution < 1.29 is 13.2 Å². The predicted octanol–water partition coefficient (Wildman–Crippen LogP) is 2.14. The Kier molecular flexibility index (Phi) is 3.44. The Hall–Kier alpha value is -1.73. The summed E-state index contributed by atoms with van der Waals surface area (Å²) >= 11 is 1.15. The van der Waals surface area contributed by atoms with Gasteiger partial charge < -0.3 is 10.5 Å². The fourth-order valence-electron chi connectivity index (χ4n) is 1.37. The number of thiophene rings is 1. The van der Waals surface area contributed by atoms with Crippen molar-refractivity contribution in [1.82, 2.24) is 0 Å². The van der Waals surface area contributed by atoms with Crippen LogP contribution in [0.15, 0.2) is 39.9 Å². The van der Waals surface area contributed by atoms with Gasteiger partial charge in [-0.1, -0.05) is 6.07 Å². The minimum Gasteiger partial charge on any atom is -0.497 e. The summed E-state index contributed by atoms with van der Waals surface area (Å²) in [5.74, 6) is 0.576. The first kappa shape index (κ1) is 12.7. The molecule has 0 fully saturated rings. The highest BCUT2D eigenvalue weighted by molar-refractivity contribution is 7.94. The van der Waals surface area contributed by atoms with Crippen LogP contribution in [0.3, 0.4) is 0 Å². The van der Waals surface area contributed by atoms with Crippen molar-refractivity contribution in [1.29, 1.82) is 0 Å². The number of ether oxygens (including phenoxy) is 1. The molecule has 2 rings (SSSR count). The Balaban J connectivity index is 2.30. The van der Waals surface area contributed by atoms with Crippen LogP contribution in [0.5, 0.6) is 5.75 Å². The average Bonchev–Trinajstić information content (AvgIpc) is 2.86. The van der Waals surface area contributed by atoms with Crippen molar-refractivity contribution >= 4 is 32.7 Å². The highest BCUT2D eigenvalue weighted by atomic mass is 32.2. The second kappa shape index (κ2) is 4.87. The standard InChI is InChI=1S/C11H12N2O3S2/c1-16-8-4-5-10(9(12)7-8)13-18(14,15)11-3-2-6-17-11/h2-7,13H,12H2,1H3. The van der Waals surface area contributed by atoms with E-state index in [2.05, 4.69) is 4.72 Å². The smallest absolute Gasteiger partial charge is 0.271 e. The maximum absolute atomic E-state index is 12.0. The summed E-state index contributed by atoms with van der Waals surface area (Å²) < 4.78 is 31.7. The van der Waals surface area contributed by atoms with Crippen molar-refractivity contribution in [2.45, 2.75) is 4.21 Å². The van der Waals surface area contributed by atoms with Gasteiger partial charge in [0.1, 0.15) is 9.96 Å². The van der Waals surface area contributed by atoms with Crippen LogP contribution >= 0.6 is 11.3 Å². The Morgan fingerprint density at radius 3 is 2.67 bits per heavy atom. The van der Waals surface area contributed by atoms with Gasteiger partial charge in [0.05, 0.1) is 18.5 Å². The molecular weight excluding hydrogens is 272 g/mol. The average molecular weight is 284 g/mol. The minimum absolute atomic E-state index is 0.248. The summed E-state index contributed by atoms with van der Waals surface area (Å²) in [6.45, 7) is 0. The fraction of sp³-hybridized carbons (Fsp3) is 0.0909. The summed E-state index contributed by atoms with van der Waals surface area (Å²) in [5.41, 5.74) is 6.41. The molecule has 0 aliphatic carbocycles. The lowest BCUT2D eigenvalue weighted by molar-refractivity contribution is 0.415. The number of hydrogen-bond donors (Lipinski definition) is 2. The first-order valence-electron chi connectivity index (χ1n) is 5.03. The molecule has 3 N–H and O–H groups in total. The molecule has 0 spiro atoms. The summed E-state index contributed by atoms with van der Waals surface area (Å²) in [5, 5.41) is 1.70. The number of hydrogen-bond acceptors (Lipinski definition) is 5. The lowest BCUT2D eigenvalue weighted by atomic mass is 10.2. The molecule has 0 bridgehead atoms. The molecule has 2 aromatic rings. The van der Waals surface area contributed by atoms with E-state index in [1.165, 1.54) is 13.2 Å². The number of nitrogens with two attached hydrogens (primary N) is 1. The Bertz CT molecular complexity index is 636. The third kappa shape index (κ3) is 2.57. The SMILES string of the molecule is COc1ccc(NS(=O)(=O)c2cccs2)c(N)c1. The molecule has 0 saturated heterocycles. The van der Waals surface area contributed by atoms with E-state index < -0.39 is 10.0 Å². The number of rotatable bonds is 4. The van der Waals surface area contributed by atoms with E-state index in [1.54, 1.807) is 29.6 Å². The number of anilines is 2. The molecule has 96 valence electrons.